The first kappa shape index (κ1) is 10.7. The molecule has 2 saturated carbocycles. The van der Waals surface area contributed by atoms with Gasteiger partial charge in [0.15, 0.2) is 0 Å². The van der Waals surface area contributed by atoms with Crippen LogP contribution in [0, 0.1) is 23.7 Å². The average Bonchev–Trinajstić information content (AvgIpc) is 2.92. The Morgan fingerprint density at radius 2 is 1.71 bits per heavy atom. The van der Waals surface area contributed by atoms with Crippen molar-refractivity contribution in [2.75, 3.05) is 0 Å². The van der Waals surface area contributed by atoms with Crippen molar-refractivity contribution in [2.24, 2.45) is 23.7 Å². The minimum absolute atomic E-state index is 0.219. The number of carboxylic acids is 1. The van der Waals surface area contributed by atoms with Crippen LogP contribution in [0.5, 0.6) is 0 Å². The predicted molar refractivity (Wildman–Crippen MR) is 56.8 cm³/mol. The molecule has 2 amide bonds. The second-order valence-corrected chi connectivity index (χ2v) is 5.45. The summed E-state index contributed by atoms with van der Waals surface area (Å²) in [5, 5.41) is 8.94. The van der Waals surface area contributed by atoms with E-state index in [1.54, 1.807) is 0 Å². The lowest BCUT2D eigenvalue weighted by Gasteiger charge is -2.20. The highest BCUT2D eigenvalue weighted by Gasteiger charge is 2.62. The Bertz CT molecular complexity index is 391. The Morgan fingerprint density at radius 1 is 1.24 bits per heavy atom. The van der Waals surface area contributed by atoms with Gasteiger partial charge in [0.05, 0.1) is 11.8 Å². The van der Waals surface area contributed by atoms with Gasteiger partial charge in [0.1, 0.15) is 6.04 Å². The number of imide groups is 1. The van der Waals surface area contributed by atoms with E-state index in [-0.39, 0.29) is 23.7 Å². The Hall–Kier alpha value is -1.39. The molecule has 1 heterocycles. The Morgan fingerprint density at radius 3 is 2.12 bits per heavy atom. The summed E-state index contributed by atoms with van der Waals surface area (Å²) in [5.74, 6) is -1.42. The van der Waals surface area contributed by atoms with Crippen molar-refractivity contribution in [3.05, 3.63) is 0 Å². The number of nitrogens with zero attached hydrogens (tertiary/aromatic N) is 1. The molecular weight excluding hydrogens is 222 g/mol. The van der Waals surface area contributed by atoms with Crippen LogP contribution in [0.3, 0.4) is 0 Å². The maximum absolute atomic E-state index is 12.2. The van der Waals surface area contributed by atoms with E-state index >= 15 is 0 Å². The van der Waals surface area contributed by atoms with E-state index in [4.69, 9.17) is 5.11 Å². The molecule has 0 aromatic carbocycles. The molecule has 2 aliphatic carbocycles. The number of carbonyl (C=O) groups is 3. The van der Waals surface area contributed by atoms with E-state index in [1.165, 1.54) is 6.92 Å². The van der Waals surface area contributed by atoms with Crippen molar-refractivity contribution in [2.45, 2.75) is 32.2 Å². The zero-order valence-electron chi connectivity index (χ0n) is 9.63. The fraction of sp³-hybridized carbons (Fsp3) is 0.750. The van der Waals surface area contributed by atoms with Gasteiger partial charge in [-0.1, -0.05) is 0 Å². The van der Waals surface area contributed by atoms with Crippen molar-refractivity contribution in [1.29, 1.82) is 0 Å². The first-order valence-corrected chi connectivity index (χ1v) is 6.12. The summed E-state index contributed by atoms with van der Waals surface area (Å²) in [6.45, 7) is 1.40. The summed E-state index contributed by atoms with van der Waals surface area (Å²) in [5.41, 5.74) is 0. The Balaban J connectivity index is 1.93. The molecule has 0 unspecified atom stereocenters. The largest absolute Gasteiger partial charge is 0.480 e. The summed E-state index contributed by atoms with van der Waals surface area (Å²) in [6, 6.07) is -1.03. The molecule has 17 heavy (non-hydrogen) atoms. The minimum Gasteiger partial charge on any atom is -0.480 e. The first-order valence-electron chi connectivity index (χ1n) is 6.12. The molecule has 3 fully saturated rings. The molecule has 1 N–H and O–H groups in total. The third-order valence-corrected chi connectivity index (χ3v) is 4.71. The second-order valence-electron chi connectivity index (χ2n) is 5.45. The zero-order chi connectivity index (χ0) is 12.3. The quantitative estimate of drug-likeness (QED) is 0.709. The standard InChI is InChI=1S/C12H15NO4/c1-5(12(16)17)13-10(14)8-6-2-3-7(4-6)9(8)11(13)15/h5-9H,2-4H2,1H3,(H,16,17)/t5-,6+,7+,8-,9+/m1/s1. The molecule has 5 nitrogen and oxygen atoms in total. The predicted octanol–water partition coefficient (Wildman–Crippen LogP) is 0.491. The lowest BCUT2D eigenvalue weighted by atomic mass is 9.81. The van der Waals surface area contributed by atoms with E-state index in [9.17, 15) is 14.4 Å². The molecule has 0 aromatic rings. The molecule has 1 saturated heterocycles. The number of aliphatic carboxylic acids is 1. The Labute approximate surface area is 98.8 Å². The van der Waals surface area contributed by atoms with E-state index < -0.39 is 12.0 Å². The molecule has 0 aromatic heterocycles. The van der Waals surface area contributed by atoms with Gasteiger partial charge in [0, 0.05) is 0 Å². The minimum atomic E-state index is -1.11. The summed E-state index contributed by atoms with van der Waals surface area (Å²) < 4.78 is 0. The van der Waals surface area contributed by atoms with Gasteiger partial charge in [-0.3, -0.25) is 14.5 Å². The fourth-order valence-electron chi connectivity index (χ4n) is 3.92. The number of amides is 2. The van der Waals surface area contributed by atoms with E-state index in [0.717, 1.165) is 24.2 Å². The van der Waals surface area contributed by atoms with Crippen LogP contribution in [-0.4, -0.2) is 33.8 Å². The van der Waals surface area contributed by atoms with E-state index in [2.05, 4.69) is 0 Å². The number of carbonyl (C=O) groups excluding carboxylic acids is 2. The second kappa shape index (κ2) is 3.31. The summed E-state index contributed by atoms with van der Waals surface area (Å²) in [4.78, 5) is 36.3. The first-order chi connectivity index (χ1) is 8.02. The molecule has 5 heteroatoms. The van der Waals surface area contributed by atoms with Gasteiger partial charge in [0.2, 0.25) is 11.8 Å². The molecule has 5 atom stereocenters. The summed E-state index contributed by atoms with van der Waals surface area (Å²) in [6.07, 6.45) is 3.00. The van der Waals surface area contributed by atoms with Gasteiger partial charge in [-0.25, -0.2) is 4.79 Å². The van der Waals surface area contributed by atoms with Crippen LogP contribution in [0.1, 0.15) is 26.2 Å². The summed E-state index contributed by atoms with van der Waals surface area (Å²) in [7, 11) is 0. The number of hydrogen-bond donors (Lipinski definition) is 1. The van der Waals surface area contributed by atoms with Crippen molar-refractivity contribution < 1.29 is 19.5 Å². The van der Waals surface area contributed by atoms with Crippen molar-refractivity contribution >= 4 is 17.8 Å². The van der Waals surface area contributed by atoms with Crippen LogP contribution in [0.4, 0.5) is 0 Å². The van der Waals surface area contributed by atoms with Gasteiger partial charge in [-0.2, -0.15) is 0 Å². The third-order valence-electron chi connectivity index (χ3n) is 4.71. The topological polar surface area (TPSA) is 74.7 Å². The van der Waals surface area contributed by atoms with Gasteiger partial charge < -0.3 is 5.11 Å². The van der Waals surface area contributed by atoms with Crippen molar-refractivity contribution in [1.82, 2.24) is 4.90 Å². The smallest absolute Gasteiger partial charge is 0.326 e. The van der Waals surface area contributed by atoms with Crippen LogP contribution in [0.25, 0.3) is 0 Å². The van der Waals surface area contributed by atoms with Gasteiger partial charge in [-0.15, -0.1) is 0 Å². The SMILES string of the molecule is C[C@H](C(=O)O)N1C(=O)[C@@H]2[C@H]3CC[C@@H](C3)[C@@H]2C1=O. The maximum atomic E-state index is 12.2. The van der Waals surface area contributed by atoms with Gasteiger partial charge >= 0.3 is 5.97 Å². The molecular formula is C12H15NO4. The van der Waals surface area contributed by atoms with Crippen molar-refractivity contribution in [3.8, 4) is 0 Å². The van der Waals surface area contributed by atoms with Crippen LogP contribution in [0.2, 0.25) is 0 Å². The van der Waals surface area contributed by atoms with E-state index in [1.807, 2.05) is 0 Å². The molecule has 1 aliphatic heterocycles. The fourth-order valence-corrected chi connectivity index (χ4v) is 3.92. The van der Waals surface area contributed by atoms with Crippen molar-refractivity contribution in [3.63, 3.8) is 0 Å². The van der Waals surface area contributed by atoms with Crippen LogP contribution in [-0.2, 0) is 14.4 Å². The lowest BCUT2D eigenvalue weighted by molar-refractivity contribution is -0.154. The Kier molecular flexibility index (Phi) is 2.09. The van der Waals surface area contributed by atoms with Crippen LogP contribution >= 0.6 is 0 Å². The van der Waals surface area contributed by atoms with Gasteiger partial charge in [-0.05, 0) is 38.0 Å². The summed E-state index contributed by atoms with van der Waals surface area (Å²) >= 11 is 0. The zero-order valence-corrected chi connectivity index (χ0v) is 9.63. The van der Waals surface area contributed by atoms with Crippen LogP contribution in [0.15, 0.2) is 0 Å². The highest BCUT2D eigenvalue weighted by atomic mass is 16.4. The number of hydrogen-bond acceptors (Lipinski definition) is 3. The molecule has 3 aliphatic rings. The number of likely N-dealkylation sites (tertiary alicyclic amines) is 1. The van der Waals surface area contributed by atoms with Crippen LogP contribution < -0.4 is 0 Å². The lowest BCUT2D eigenvalue weighted by Crippen LogP contribution is -2.44. The maximum Gasteiger partial charge on any atom is 0.326 e. The highest BCUT2D eigenvalue weighted by Crippen LogP contribution is 2.56. The van der Waals surface area contributed by atoms with Gasteiger partial charge in [0.25, 0.3) is 0 Å². The number of fused-ring (bicyclic) bond motifs is 5. The molecule has 0 radical (unpaired) electrons. The normalized spacial score (nSPS) is 40.9. The molecule has 92 valence electrons. The third kappa shape index (κ3) is 1.22. The molecule has 0 spiro atoms. The monoisotopic (exact) mass is 237 g/mol. The highest BCUT2D eigenvalue weighted by molar-refractivity contribution is 6.08. The van der Waals surface area contributed by atoms with E-state index in [0.29, 0.717) is 11.8 Å². The molecule has 3 rings (SSSR count). The number of carboxylic acid groups (broad SMARTS) is 1. The molecule has 2 bridgehead atoms. The number of rotatable bonds is 2. The average molecular weight is 237 g/mol.